The fraction of sp³-hybridized carbons (Fsp3) is 1.00. The van der Waals surface area contributed by atoms with E-state index in [1.165, 1.54) is 38.6 Å². The number of rotatable bonds is 5. The average molecular weight is 240 g/mol. The lowest BCUT2D eigenvalue weighted by atomic mass is 9.85. The highest BCUT2D eigenvalue weighted by Gasteiger charge is 2.34. The molecule has 1 saturated heterocycles. The van der Waals surface area contributed by atoms with Crippen LogP contribution < -0.4 is 5.73 Å². The maximum absolute atomic E-state index is 5.94. The molecule has 1 saturated carbocycles. The summed E-state index contributed by atoms with van der Waals surface area (Å²) in [6.07, 6.45) is 8.31. The van der Waals surface area contributed by atoms with Gasteiger partial charge in [0.05, 0.1) is 6.61 Å². The van der Waals surface area contributed by atoms with Gasteiger partial charge in [-0.2, -0.15) is 0 Å². The lowest BCUT2D eigenvalue weighted by molar-refractivity contribution is 0.114. The van der Waals surface area contributed by atoms with Crippen LogP contribution in [0.4, 0.5) is 0 Å². The first-order valence-corrected chi connectivity index (χ1v) is 7.20. The third-order valence-corrected chi connectivity index (χ3v) is 4.52. The second-order valence-corrected chi connectivity index (χ2v) is 6.21. The minimum absolute atomic E-state index is 0.240. The predicted molar refractivity (Wildman–Crippen MR) is 71.0 cm³/mol. The Kier molecular flexibility index (Phi) is 4.83. The van der Waals surface area contributed by atoms with Gasteiger partial charge in [0.2, 0.25) is 0 Å². The maximum atomic E-state index is 5.94. The molecule has 3 nitrogen and oxygen atoms in total. The fourth-order valence-electron chi connectivity index (χ4n) is 3.45. The Labute approximate surface area is 106 Å². The normalized spacial score (nSPS) is 31.2. The molecular weight excluding hydrogens is 212 g/mol. The van der Waals surface area contributed by atoms with Gasteiger partial charge in [0.25, 0.3) is 0 Å². The molecule has 1 aliphatic heterocycles. The summed E-state index contributed by atoms with van der Waals surface area (Å²) in [6.45, 7) is 4.89. The van der Waals surface area contributed by atoms with Gasteiger partial charge < -0.3 is 15.4 Å². The Morgan fingerprint density at radius 3 is 2.65 bits per heavy atom. The molecule has 2 fully saturated rings. The Bertz CT molecular complexity index is 220. The van der Waals surface area contributed by atoms with Gasteiger partial charge in [-0.3, -0.25) is 0 Å². The zero-order valence-corrected chi connectivity index (χ0v) is 11.3. The van der Waals surface area contributed by atoms with Crippen LogP contribution in [0.1, 0.15) is 38.5 Å². The molecule has 0 spiro atoms. The minimum atomic E-state index is 0.240. The van der Waals surface area contributed by atoms with E-state index >= 15 is 0 Å². The Hall–Kier alpha value is -0.120. The van der Waals surface area contributed by atoms with E-state index in [-0.39, 0.29) is 5.41 Å². The minimum Gasteiger partial charge on any atom is -0.381 e. The molecule has 0 bridgehead atoms. The van der Waals surface area contributed by atoms with Crippen LogP contribution in [0.25, 0.3) is 0 Å². The van der Waals surface area contributed by atoms with Crippen LogP contribution in [0.15, 0.2) is 0 Å². The summed E-state index contributed by atoms with van der Waals surface area (Å²) in [5.41, 5.74) is 6.18. The Morgan fingerprint density at radius 2 is 2.06 bits per heavy atom. The van der Waals surface area contributed by atoms with Crippen LogP contribution >= 0.6 is 0 Å². The summed E-state index contributed by atoms with van der Waals surface area (Å²) in [4.78, 5) is 2.50. The lowest BCUT2D eigenvalue weighted by Crippen LogP contribution is -2.43. The van der Waals surface area contributed by atoms with Gasteiger partial charge in [-0.15, -0.1) is 0 Å². The van der Waals surface area contributed by atoms with Crippen molar-refractivity contribution in [1.29, 1.82) is 0 Å². The standard InChI is InChI=1S/C14H28N2O/c1-16(9-13-5-3-2-4-6-13)11-14(10-15)7-8-17-12-14/h13H,2-12,15H2,1H3. The number of hydrogen-bond donors (Lipinski definition) is 1. The summed E-state index contributed by atoms with van der Waals surface area (Å²) in [5.74, 6) is 0.922. The van der Waals surface area contributed by atoms with Gasteiger partial charge in [-0.25, -0.2) is 0 Å². The summed E-state index contributed by atoms with van der Waals surface area (Å²) in [6, 6.07) is 0. The maximum Gasteiger partial charge on any atom is 0.0547 e. The molecule has 1 atom stereocenters. The van der Waals surface area contributed by atoms with E-state index in [2.05, 4.69) is 11.9 Å². The molecule has 0 aromatic carbocycles. The summed E-state index contributed by atoms with van der Waals surface area (Å²) >= 11 is 0. The van der Waals surface area contributed by atoms with Crippen molar-refractivity contribution in [3.05, 3.63) is 0 Å². The van der Waals surface area contributed by atoms with Crippen LogP contribution in [0, 0.1) is 11.3 Å². The number of nitrogens with zero attached hydrogens (tertiary/aromatic N) is 1. The smallest absolute Gasteiger partial charge is 0.0547 e. The van der Waals surface area contributed by atoms with Crippen molar-refractivity contribution in [2.24, 2.45) is 17.1 Å². The molecule has 0 amide bonds. The van der Waals surface area contributed by atoms with Crippen LogP contribution in [0.2, 0.25) is 0 Å². The molecular formula is C14H28N2O. The van der Waals surface area contributed by atoms with Crippen molar-refractivity contribution >= 4 is 0 Å². The highest BCUT2D eigenvalue weighted by atomic mass is 16.5. The first kappa shape index (κ1) is 13.3. The van der Waals surface area contributed by atoms with E-state index in [0.29, 0.717) is 0 Å². The van der Waals surface area contributed by atoms with Gasteiger partial charge in [0.15, 0.2) is 0 Å². The first-order valence-electron chi connectivity index (χ1n) is 7.20. The predicted octanol–water partition coefficient (Wildman–Crippen LogP) is 1.86. The van der Waals surface area contributed by atoms with E-state index in [4.69, 9.17) is 10.5 Å². The highest BCUT2D eigenvalue weighted by Crippen LogP contribution is 2.30. The Balaban J connectivity index is 1.77. The molecule has 100 valence electrons. The molecule has 2 aliphatic rings. The van der Waals surface area contributed by atoms with E-state index in [9.17, 15) is 0 Å². The first-order chi connectivity index (χ1) is 8.24. The van der Waals surface area contributed by atoms with Gasteiger partial charge in [-0.05, 0) is 32.2 Å². The monoisotopic (exact) mass is 240 g/mol. The SMILES string of the molecule is CN(CC1CCCCC1)CC1(CN)CCOC1. The molecule has 1 unspecified atom stereocenters. The van der Waals surface area contributed by atoms with Gasteiger partial charge in [-0.1, -0.05) is 19.3 Å². The van der Waals surface area contributed by atoms with Crippen molar-refractivity contribution < 1.29 is 4.74 Å². The van der Waals surface area contributed by atoms with Crippen molar-refractivity contribution in [2.75, 3.05) is 39.9 Å². The zero-order valence-electron chi connectivity index (χ0n) is 11.3. The van der Waals surface area contributed by atoms with E-state index in [1.807, 2.05) is 0 Å². The van der Waals surface area contributed by atoms with E-state index < -0.39 is 0 Å². The molecule has 0 aromatic rings. The van der Waals surface area contributed by atoms with Crippen molar-refractivity contribution in [1.82, 2.24) is 4.90 Å². The van der Waals surface area contributed by atoms with Gasteiger partial charge >= 0.3 is 0 Å². The molecule has 2 rings (SSSR count). The van der Waals surface area contributed by atoms with Crippen LogP contribution in [0.3, 0.4) is 0 Å². The second kappa shape index (κ2) is 6.17. The van der Waals surface area contributed by atoms with Crippen LogP contribution in [-0.2, 0) is 4.74 Å². The van der Waals surface area contributed by atoms with Crippen molar-refractivity contribution in [3.63, 3.8) is 0 Å². The zero-order chi connectivity index (χ0) is 12.1. The molecule has 0 radical (unpaired) electrons. The van der Waals surface area contributed by atoms with Crippen LogP contribution in [-0.4, -0.2) is 44.8 Å². The average Bonchev–Trinajstić information content (AvgIpc) is 2.79. The molecule has 2 N–H and O–H groups in total. The highest BCUT2D eigenvalue weighted by molar-refractivity contribution is 4.87. The fourth-order valence-corrected chi connectivity index (χ4v) is 3.45. The quantitative estimate of drug-likeness (QED) is 0.797. The van der Waals surface area contributed by atoms with E-state index in [0.717, 1.165) is 38.6 Å². The summed E-state index contributed by atoms with van der Waals surface area (Å²) < 4.78 is 5.54. The second-order valence-electron chi connectivity index (χ2n) is 6.21. The summed E-state index contributed by atoms with van der Waals surface area (Å²) in [7, 11) is 2.25. The van der Waals surface area contributed by atoms with Gasteiger partial charge in [0, 0.05) is 31.7 Å². The molecule has 17 heavy (non-hydrogen) atoms. The lowest BCUT2D eigenvalue weighted by Gasteiger charge is -2.34. The topological polar surface area (TPSA) is 38.5 Å². The number of hydrogen-bond acceptors (Lipinski definition) is 3. The third-order valence-electron chi connectivity index (χ3n) is 4.52. The molecule has 3 heteroatoms. The molecule has 0 aromatic heterocycles. The molecule has 1 aliphatic carbocycles. The van der Waals surface area contributed by atoms with Crippen molar-refractivity contribution in [2.45, 2.75) is 38.5 Å². The third kappa shape index (κ3) is 3.67. The van der Waals surface area contributed by atoms with Crippen LogP contribution in [0.5, 0.6) is 0 Å². The van der Waals surface area contributed by atoms with Crippen molar-refractivity contribution in [3.8, 4) is 0 Å². The van der Waals surface area contributed by atoms with E-state index in [1.54, 1.807) is 0 Å². The number of nitrogens with two attached hydrogens (primary N) is 1. The number of ether oxygens (including phenoxy) is 1. The summed E-state index contributed by atoms with van der Waals surface area (Å²) in [5, 5.41) is 0. The van der Waals surface area contributed by atoms with Gasteiger partial charge in [0.1, 0.15) is 0 Å². The Morgan fingerprint density at radius 1 is 1.29 bits per heavy atom. The largest absolute Gasteiger partial charge is 0.381 e. The molecule has 1 heterocycles.